The van der Waals surface area contributed by atoms with E-state index in [1.54, 1.807) is 28.6 Å². The van der Waals surface area contributed by atoms with E-state index in [-0.39, 0.29) is 24.1 Å². The molecule has 1 aliphatic heterocycles. The molecule has 0 radical (unpaired) electrons. The zero-order valence-corrected chi connectivity index (χ0v) is 18.3. The molecule has 2 N–H and O–H groups in total. The van der Waals surface area contributed by atoms with Gasteiger partial charge in [0.1, 0.15) is 11.3 Å². The Bertz CT molecular complexity index is 1250. The molecular weight excluding hydrogens is 426 g/mol. The number of nitrogens with zero attached hydrogens (tertiary/aromatic N) is 3. The van der Waals surface area contributed by atoms with Crippen LogP contribution in [-0.4, -0.2) is 34.6 Å². The van der Waals surface area contributed by atoms with Gasteiger partial charge in [0, 0.05) is 18.2 Å². The minimum Gasteiger partial charge on any atom is -0.335 e. The molecule has 0 saturated carbocycles. The summed E-state index contributed by atoms with van der Waals surface area (Å²) in [6, 6.07) is 17.9. The summed E-state index contributed by atoms with van der Waals surface area (Å²) in [6.07, 6.45) is 2.71. The number of carbonyl (C=O) groups is 1. The number of aromatic nitrogens is 2. The topological polar surface area (TPSA) is 119 Å². The van der Waals surface area contributed by atoms with Crippen LogP contribution in [0.15, 0.2) is 60.9 Å². The van der Waals surface area contributed by atoms with Gasteiger partial charge >= 0.3 is 0 Å². The SMILES string of the molecule is CC1CCC(c2ccccc2)S(=O)(=O)N1Cc1ccc(C(=O)Nc2nc[nH]c2C#N)cc1. The molecule has 4 rings (SSSR count). The maximum atomic E-state index is 13.4. The van der Waals surface area contributed by atoms with Gasteiger partial charge in [0.05, 0.1) is 6.33 Å². The third-order valence-corrected chi connectivity index (χ3v) is 8.10. The van der Waals surface area contributed by atoms with Crippen LogP contribution in [0.5, 0.6) is 0 Å². The molecule has 1 fully saturated rings. The molecule has 0 aliphatic carbocycles. The first kappa shape index (κ1) is 21.7. The third-order valence-electron chi connectivity index (χ3n) is 5.73. The average molecular weight is 450 g/mol. The first-order valence-corrected chi connectivity index (χ1v) is 11.8. The lowest BCUT2D eigenvalue weighted by Gasteiger charge is -2.37. The van der Waals surface area contributed by atoms with Crippen molar-refractivity contribution < 1.29 is 13.2 Å². The van der Waals surface area contributed by atoms with Gasteiger partial charge in [-0.3, -0.25) is 4.79 Å². The monoisotopic (exact) mass is 449 g/mol. The van der Waals surface area contributed by atoms with Gasteiger partial charge in [0.2, 0.25) is 10.0 Å². The van der Waals surface area contributed by atoms with Crippen LogP contribution in [-0.2, 0) is 16.6 Å². The summed E-state index contributed by atoms with van der Waals surface area (Å²) in [7, 11) is -3.52. The largest absolute Gasteiger partial charge is 0.335 e. The fourth-order valence-electron chi connectivity index (χ4n) is 3.95. The van der Waals surface area contributed by atoms with Gasteiger partial charge in [-0.2, -0.15) is 9.57 Å². The van der Waals surface area contributed by atoms with Crippen molar-refractivity contribution in [3.05, 3.63) is 83.3 Å². The van der Waals surface area contributed by atoms with Gasteiger partial charge in [0.15, 0.2) is 11.5 Å². The third kappa shape index (κ3) is 4.28. The molecule has 2 heterocycles. The van der Waals surface area contributed by atoms with E-state index >= 15 is 0 Å². The number of aromatic amines is 1. The van der Waals surface area contributed by atoms with Crippen molar-refractivity contribution >= 4 is 21.7 Å². The molecule has 0 spiro atoms. The second-order valence-electron chi connectivity index (χ2n) is 7.80. The quantitative estimate of drug-likeness (QED) is 0.617. The van der Waals surface area contributed by atoms with Crippen molar-refractivity contribution in [2.24, 2.45) is 0 Å². The Morgan fingerprint density at radius 2 is 1.91 bits per heavy atom. The van der Waals surface area contributed by atoms with E-state index in [9.17, 15) is 13.2 Å². The van der Waals surface area contributed by atoms with Crippen LogP contribution in [0.4, 0.5) is 5.82 Å². The Kier molecular flexibility index (Phi) is 6.08. The highest BCUT2D eigenvalue weighted by Crippen LogP contribution is 2.38. The van der Waals surface area contributed by atoms with Crippen molar-refractivity contribution in [1.29, 1.82) is 5.26 Å². The summed E-state index contributed by atoms with van der Waals surface area (Å²) in [5, 5.41) is 11.1. The fraction of sp³-hybridized carbons (Fsp3) is 0.261. The van der Waals surface area contributed by atoms with Crippen LogP contribution in [0.2, 0.25) is 0 Å². The van der Waals surface area contributed by atoms with Gasteiger partial charge in [-0.15, -0.1) is 0 Å². The van der Waals surface area contributed by atoms with Crippen molar-refractivity contribution in [3.8, 4) is 6.07 Å². The second-order valence-corrected chi connectivity index (χ2v) is 9.87. The number of rotatable bonds is 5. The number of sulfonamides is 1. The normalized spacial score (nSPS) is 20.4. The maximum Gasteiger partial charge on any atom is 0.256 e. The molecule has 3 aromatic rings. The van der Waals surface area contributed by atoms with Gasteiger partial charge in [-0.1, -0.05) is 42.5 Å². The van der Waals surface area contributed by atoms with E-state index in [1.165, 1.54) is 6.33 Å². The minimum atomic E-state index is -3.52. The molecule has 2 aromatic carbocycles. The number of benzene rings is 2. The van der Waals surface area contributed by atoms with Crippen molar-refractivity contribution in [2.75, 3.05) is 5.32 Å². The molecule has 2 unspecified atom stereocenters. The fourth-order valence-corrected chi connectivity index (χ4v) is 6.15. The highest BCUT2D eigenvalue weighted by molar-refractivity contribution is 7.89. The molecule has 1 saturated heterocycles. The Labute approximate surface area is 187 Å². The van der Waals surface area contributed by atoms with Crippen LogP contribution in [0.1, 0.15) is 52.2 Å². The summed E-state index contributed by atoms with van der Waals surface area (Å²) < 4.78 is 28.3. The number of hydrogen-bond donors (Lipinski definition) is 2. The van der Waals surface area contributed by atoms with Crippen LogP contribution in [0, 0.1) is 11.3 Å². The van der Waals surface area contributed by atoms with Crippen LogP contribution in [0.25, 0.3) is 0 Å². The second kappa shape index (κ2) is 8.94. The number of imidazole rings is 1. The molecule has 32 heavy (non-hydrogen) atoms. The molecule has 1 aliphatic rings. The van der Waals surface area contributed by atoms with Gasteiger partial charge in [-0.25, -0.2) is 13.4 Å². The lowest BCUT2D eigenvalue weighted by atomic mass is 10.0. The highest BCUT2D eigenvalue weighted by Gasteiger charge is 2.40. The summed E-state index contributed by atoms with van der Waals surface area (Å²) in [5.41, 5.74) is 2.17. The molecule has 8 nitrogen and oxygen atoms in total. The number of hydrogen-bond acceptors (Lipinski definition) is 5. The lowest BCUT2D eigenvalue weighted by molar-refractivity contribution is 0.102. The smallest absolute Gasteiger partial charge is 0.256 e. The van der Waals surface area contributed by atoms with Crippen molar-refractivity contribution in [1.82, 2.24) is 14.3 Å². The summed E-state index contributed by atoms with van der Waals surface area (Å²) >= 11 is 0. The Hall–Kier alpha value is -3.48. The average Bonchev–Trinajstić information content (AvgIpc) is 3.24. The predicted octanol–water partition coefficient (Wildman–Crippen LogP) is 3.59. The number of amides is 1. The first-order valence-electron chi connectivity index (χ1n) is 10.3. The van der Waals surface area contributed by atoms with Gasteiger partial charge < -0.3 is 10.3 Å². The molecule has 0 bridgehead atoms. The van der Waals surface area contributed by atoms with E-state index in [4.69, 9.17) is 5.26 Å². The Morgan fingerprint density at radius 1 is 1.19 bits per heavy atom. The van der Waals surface area contributed by atoms with Gasteiger partial charge in [0.25, 0.3) is 5.91 Å². The standard InChI is InChI=1S/C23H23N5O3S/c1-16-7-12-21(18-5-3-2-4-6-18)32(30,31)28(16)14-17-8-10-19(11-9-17)23(29)27-22-20(13-24)25-15-26-22/h2-6,8-11,15-16,21H,7,12,14H2,1H3,(H,25,26)(H,27,29). The molecule has 164 valence electrons. The highest BCUT2D eigenvalue weighted by atomic mass is 32.2. The summed E-state index contributed by atoms with van der Waals surface area (Å²) in [6.45, 7) is 2.17. The van der Waals surface area contributed by atoms with E-state index in [0.29, 0.717) is 12.0 Å². The minimum absolute atomic E-state index is 0.105. The summed E-state index contributed by atoms with van der Waals surface area (Å²) in [5.74, 6) is -0.231. The molecular formula is C23H23N5O3S. The van der Waals surface area contributed by atoms with E-state index in [2.05, 4.69) is 15.3 Å². The number of anilines is 1. The Balaban J connectivity index is 1.50. The lowest BCUT2D eigenvalue weighted by Crippen LogP contribution is -2.44. The maximum absolute atomic E-state index is 13.4. The number of H-pyrrole nitrogens is 1. The van der Waals surface area contributed by atoms with Gasteiger partial charge in [-0.05, 0) is 43.0 Å². The van der Waals surface area contributed by atoms with E-state index in [1.807, 2.05) is 43.3 Å². The Morgan fingerprint density at radius 3 is 2.59 bits per heavy atom. The van der Waals surface area contributed by atoms with Crippen molar-refractivity contribution in [3.63, 3.8) is 0 Å². The van der Waals surface area contributed by atoms with Crippen molar-refractivity contribution in [2.45, 2.75) is 37.6 Å². The molecule has 2 atom stereocenters. The summed E-state index contributed by atoms with van der Waals surface area (Å²) in [4.78, 5) is 19.0. The zero-order valence-electron chi connectivity index (χ0n) is 17.5. The predicted molar refractivity (Wildman–Crippen MR) is 120 cm³/mol. The molecule has 9 heteroatoms. The van der Waals surface area contributed by atoms with Crippen LogP contribution >= 0.6 is 0 Å². The molecule has 1 amide bonds. The number of nitriles is 1. The number of nitrogens with one attached hydrogen (secondary N) is 2. The van der Waals surface area contributed by atoms with Crippen LogP contribution < -0.4 is 5.32 Å². The van der Waals surface area contributed by atoms with Crippen LogP contribution in [0.3, 0.4) is 0 Å². The molecule has 1 aromatic heterocycles. The number of carbonyl (C=O) groups excluding carboxylic acids is 1. The zero-order chi connectivity index (χ0) is 22.7. The van der Waals surface area contributed by atoms with E-state index < -0.39 is 21.2 Å². The first-order chi connectivity index (χ1) is 15.4. The van der Waals surface area contributed by atoms with E-state index in [0.717, 1.165) is 17.5 Å².